The highest BCUT2D eigenvalue weighted by Crippen LogP contribution is 2.31. The maximum atomic E-state index is 10.4. The minimum absolute atomic E-state index is 0.0700. The number of rotatable bonds is 4. The van der Waals surface area contributed by atoms with E-state index in [0.717, 1.165) is 6.04 Å². The van der Waals surface area contributed by atoms with E-state index >= 15 is 0 Å². The molecule has 94 valence electrons. The van der Waals surface area contributed by atoms with Gasteiger partial charge in [-0.3, -0.25) is 0 Å². The quantitative estimate of drug-likeness (QED) is 0.812. The van der Waals surface area contributed by atoms with Crippen molar-refractivity contribution in [2.24, 2.45) is 5.92 Å². The van der Waals surface area contributed by atoms with Gasteiger partial charge in [-0.1, -0.05) is 61.5 Å². The molecule has 1 saturated carbocycles. The number of benzene rings is 1. The van der Waals surface area contributed by atoms with Gasteiger partial charge in [-0.25, -0.2) is 0 Å². The summed E-state index contributed by atoms with van der Waals surface area (Å²) < 4.78 is 0. The maximum Gasteiger partial charge on any atom is 0.0831 e. The van der Waals surface area contributed by atoms with Crippen LogP contribution in [0.5, 0.6) is 0 Å². The number of aliphatic hydroxyl groups is 1. The Morgan fingerprint density at radius 2 is 1.76 bits per heavy atom. The van der Waals surface area contributed by atoms with E-state index in [1.165, 1.54) is 30.9 Å². The molecular formula is C15H24OSi. The Balaban J connectivity index is 2.01. The lowest BCUT2D eigenvalue weighted by Crippen LogP contribution is -2.45. The van der Waals surface area contributed by atoms with Gasteiger partial charge in [0.2, 0.25) is 0 Å². The highest BCUT2D eigenvalue weighted by molar-refractivity contribution is 6.89. The molecule has 0 radical (unpaired) electrons. The molecule has 1 fully saturated rings. The molecule has 0 bridgehead atoms. The molecule has 1 aromatic rings. The van der Waals surface area contributed by atoms with Gasteiger partial charge in [0.15, 0.2) is 0 Å². The summed E-state index contributed by atoms with van der Waals surface area (Å²) in [7, 11) is -1.46. The van der Waals surface area contributed by atoms with E-state index in [4.69, 9.17) is 0 Å². The molecule has 0 aliphatic heterocycles. The predicted octanol–water partition coefficient (Wildman–Crippen LogP) is 3.15. The van der Waals surface area contributed by atoms with E-state index in [1.54, 1.807) is 0 Å². The second-order valence-corrected chi connectivity index (χ2v) is 10.8. The molecule has 17 heavy (non-hydrogen) atoms. The molecule has 1 aromatic carbocycles. The van der Waals surface area contributed by atoms with Gasteiger partial charge in [-0.15, -0.1) is 0 Å². The summed E-state index contributed by atoms with van der Waals surface area (Å²) in [6.45, 7) is 4.75. The number of aliphatic hydroxyl groups excluding tert-OH is 1. The van der Waals surface area contributed by atoms with Crippen LogP contribution in [-0.4, -0.2) is 19.3 Å². The van der Waals surface area contributed by atoms with E-state index in [9.17, 15) is 5.11 Å². The van der Waals surface area contributed by atoms with Crippen molar-refractivity contribution in [1.82, 2.24) is 0 Å². The summed E-state index contributed by atoms with van der Waals surface area (Å²) in [4.78, 5) is 0. The van der Waals surface area contributed by atoms with Crippen LogP contribution >= 0.6 is 0 Å². The van der Waals surface area contributed by atoms with Crippen molar-refractivity contribution < 1.29 is 5.11 Å². The van der Waals surface area contributed by atoms with Crippen LogP contribution in [0.4, 0.5) is 0 Å². The standard InChI is InChI=1S/C15H24OSi/c1-17(2,14-10-4-3-5-11-14)12-15(16)13-8-6-7-9-13/h3-5,10-11,13,15-16H,6-9,12H2,1-2H3/t15-/m1/s1. The van der Waals surface area contributed by atoms with E-state index in [0.29, 0.717) is 5.92 Å². The van der Waals surface area contributed by atoms with Crippen LogP contribution in [0.1, 0.15) is 25.7 Å². The molecule has 1 N–H and O–H groups in total. The molecular weight excluding hydrogens is 224 g/mol. The van der Waals surface area contributed by atoms with Crippen LogP contribution < -0.4 is 5.19 Å². The number of hydrogen-bond donors (Lipinski definition) is 1. The summed E-state index contributed by atoms with van der Waals surface area (Å²) in [5, 5.41) is 11.9. The van der Waals surface area contributed by atoms with Crippen LogP contribution in [-0.2, 0) is 0 Å². The van der Waals surface area contributed by atoms with E-state index < -0.39 is 8.07 Å². The molecule has 1 atom stereocenters. The first kappa shape index (κ1) is 12.8. The van der Waals surface area contributed by atoms with Gasteiger partial charge >= 0.3 is 0 Å². The zero-order valence-corrected chi connectivity index (χ0v) is 12.0. The van der Waals surface area contributed by atoms with E-state index in [2.05, 4.69) is 43.4 Å². The second-order valence-electron chi connectivity index (χ2n) is 6.07. The molecule has 0 heterocycles. The first-order valence-electron chi connectivity index (χ1n) is 6.83. The Hall–Kier alpha value is -0.603. The molecule has 2 rings (SSSR count). The third-order valence-corrected chi connectivity index (χ3v) is 7.55. The van der Waals surface area contributed by atoms with Gasteiger partial charge in [-0.2, -0.15) is 0 Å². The Morgan fingerprint density at radius 1 is 1.18 bits per heavy atom. The molecule has 1 aliphatic rings. The normalized spacial score (nSPS) is 19.5. The topological polar surface area (TPSA) is 20.2 Å². The SMILES string of the molecule is C[Si](C)(C[C@@H](O)C1CCCC1)c1ccccc1. The Morgan fingerprint density at radius 3 is 2.35 bits per heavy atom. The molecule has 0 amide bonds. The van der Waals surface area contributed by atoms with Crippen molar-refractivity contribution in [2.45, 2.75) is 50.9 Å². The molecule has 0 saturated heterocycles. The minimum Gasteiger partial charge on any atom is -0.393 e. The summed E-state index contributed by atoms with van der Waals surface area (Å²) in [6.07, 6.45) is 5.03. The van der Waals surface area contributed by atoms with Crippen molar-refractivity contribution in [2.75, 3.05) is 0 Å². The fourth-order valence-corrected chi connectivity index (χ4v) is 5.75. The molecule has 2 heteroatoms. The minimum atomic E-state index is -1.46. The lowest BCUT2D eigenvalue weighted by Gasteiger charge is -2.28. The van der Waals surface area contributed by atoms with Gasteiger partial charge in [0.1, 0.15) is 0 Å². The molecule has 1 nitrogen and oxygen atoms in total. The Kier molecular flexibility index (Phi) is 4.05. The summed E-state index contributed by atoms with van der Waals surface area (Å²) in [5.41, 5.74) is 0. The first-order chi connectivity index (χ1) is 8.09. The molecule has 0 spiro atoms. The first-order valence-corrected chi connectivity index (χ1v) is 10.0. The molecule has 0 unspecified atom stereocenters. The van der Waals surface area contributed by atoms with Crippen LogP contribution in [0.15, 0.2) is 30.3 Å². The maximum absolute atomic E-state index is 10.4. The van der Waals surface area contributed by atoms with Crippen LogP contribution in [0, 0.1) is 5.92 Å². The fraction of sp³-hybridized carbons (Fsp3) is 0.600. The summed E-state index contributed by atoms with van der Waals surface area (Å²) in [5.74, 6) is 0.575. The van der Waals surface area contributed by atoms with Crippen LogP contribution in [0.3, 0.4) is 0 Å². The fourth-order valence-electron chi connectivity index (χ4n) is 3.04. The third-order valence-electron chi connectivity index (χ3n) is 4.22. The van der Waals surface area contributed by atoms with Crippen molar-refractivity contribution in [3.05, 3.63) is 30.3 Å². The van der Waals surface area contributed by atoms with Gasteiger partial charge in [0.25, 0.3) is 0 Å². The highest BCUT2D eigenvalue weighted by atomic mass is 28.3. The summed E-state index contributed by atoms with van der Waals surface area (Å²) >= 11 is 0. The number of hydrogen-bond acceptors (Lipinski definition) is 1. The van der Waals surface area contributed by atoms with Gasteiger partial charge in [0.05, 0.1) is 14.2 Å². The van der Waals surface area contributed by atoms with Crippen LogP contribution in [0.2, 0.25) is 19.1 Å². The van der Waals surface area contributed by atoms with Crippen molar-refractivity contribution in [3.63, 3.8) is 0 Å². The predicted molar refractivity (Wildman–Crippen MR) is 76.3 cm³/mol. The highest BCUT2D eigenvalue weighted by Gasteiger charge is 2.31. The lowest BCUT2D eigenvalue weighted by molar-refractivity contribution is 0.128. The summed E-state index contributed by atoms with van der Waals surface area (Å²) in [6, 6.07) is 11.8. The molecule has 0 aromatic heterocycles. The Labute approximate surface area is 106 Å². The molecule has 1 aliphatic carbocycles. The van der Waals surface area contributed by atoms with Gasteiger partial charge < -0.3 is 5.11 Å². The van der Waals surface area contributed by atoms with Gasteiger partial charge in [0, 0.05) is 0 Å². The van der Waals surface area contributed by atoms with E-state index in [1.807, 2.05) is 0 Å². The van der Waals surface area contributed by atoms with Crippen LogP contribution in [0.25, 0.3) is 0 Å². The smallest absolute Gasteiger partial charge is 0.0831 e. The average molecular weight is 248 g/mol. The zero-order chi connectivity index (χ0) is 12.3. The zero-order valence-electron chi connectivity index (χ0n) is 11.0. The second kappa shape index (κ2) is 5.36. The average Bonchev–Trinajstić information content (AvgIpc) is 2.83. The van der Waals surface area contributed by atoms with Gasteiger partial charge in [-0.05, 0) is 24.8 Å². The Bertz CT molecular complexity index is 341. The van der Waals surface area contributed by atoms with Crippen molar-refractivity contribution >= 4 is 13.3 Å². The van der Waals surface area contributed by atoms with Crippen molar-refractivity contribution in [1.29, 1.82) is 0 Å². The lowest BCUT2D eigenvalue weighted by atomic mass is 10.0. The van der Waals surface area contributed by atoms with Crippen molar-refractivity contribution in [3.8, 4) is 0 Å². The largest absolute Gasteiger partial charge is 0.393 e. The van der Waals surface area contributed by atoms with E-state index in [-0.39, 0.29) is 6.10 Å². The monoisotopic (exact) mass is 248 g/mol. The third kappa shape index (κ3) is 3.20.